The summed E-state index contributed by atoms with van der Waals surface area (Å²) in [5.41, 5.74) is 3.16. The van der Waals surface area contributed by atoms with Crippen LogP contribution >= 0.6 is 0 Å². The number of ether oxygens (including phenoxy) is 3. The minimum absolute atomic E-state index is 0.739. The molecule has 0 fully saturated rings. The molecule has 0 atom stereocenters. The average Bonchev–Trinajstić information content (AvgIpc) is 2.54. The standard InChI is InChI=1S/C17H21NO3/c1-18-11-13-9-12(5-7-16(13)20-3)15-10-14(19-2)6-8-17(15)21-4/h5-10,18H,11H2,1-4H3. The van der Waals surface area contributed by atoms with E-state index in [4.69, 9.17) is 14.2 Å². The lowest BCUT2D eigenvalue weighted by Crippen LogP contribution is -2.06. The van der Waals surface area contributed by atoms with Gasteiger partial charge in [-0.2, -0.15) is 0 Å². The summed E-state index contributed by atoms with van der Waals surface area (Å²) in [6.07, 6.45) is 0. The van der Waals surface area contributed by atoms with Gasteiger partial charge < -0.3 is 19.5 Å². The number of benzene rings is 2. The Morgan fingerprint density at radius 2 is 1.57 bits per heavy atom. The van der Waals surface area contributed by atoms with Crippen molar-refractivity contribution in [2.45, 2.75) is 6.54 Å². The fourth-order valence-electron chi connectivity index (χ4n) is 2.31. The monoisotopic (exact) mass is 287 g/mol. The fourth-order valence-corrected chi connectivity index (χ4v) is 2.31. The zero-order valence-electron chi connectivity index (χ0n) is 12.9. The van der Waals surface area contributed by atoms with Crippen LogP contribution in [0.15, 0.2) is 36.4 Å². The molecule has 0 aliphatic carbocycles. The van der Waals surface area contributed by atoms with Gasteiger partial charge in [0.1, 0.15) is 17.2 Å². The highest BCUT2D eigenvalue weighted by atomic mass is 16.5. The minimum atomic E-state index is 0.739. The Morgan fingerprint density at radius 3 is 2.19 bits per heavy atom. The van der Waals surface area contributed by atoms with E-state index in [0.717, 1.165) is 40.5 Å². The van der Waals surface area contributed by atoms with Gasteiger partial charge in [0.2, 0.25) is 0 Å². The quantitative estimate of drug-likeness (QED) is 0.886. The first-order valence-electron chi connectivity index (χ1n) is 6.77. The topological polar surface area (TPSA) is 39.7 Å². The van der Waals surface area contributed by atoms with E-state index in [-0.39, 0.29) is 0 Å². The van der Waals surface area contributed by atoms with Crippen LogP contribution in [0.1, 0.15) is 5.56 Å². The molecule has 1 N–H and O–H groups in total. The van der Waals surface area contributed by atoms with Crippen molar-refractivity contribution in [2.24, 2.45) is 0 Å². The summed E-state index contributed by atoms with van der Waals surface area (Å²) in [7, 11) is 6.92. The molecule has 2 rings (SSSR count). The maximum atomic E-state index is 5.45. The second-order valence-electron chi connectivity index (χ2n) is 4.62. The molecule has 2 aromatic carbocycles. The molecule has 2 aromatic rings. The summed E-state index contributed by atoms with van der Waals surface area (Å²) in [5.74, 6) is 2.49. The van der Waals surface area contributed by atoms with E-state index < -0.39 is 0 Å². The Kier molecular flexibility index (Phi) is 5.06. The molecule has 4 heteroatoms. The number of rotatable bonds is 6. The summed E-state index contributed by atoms with van der Waals surface area (Å²) >= 11 is 0. The molecule has 0 radical (unpaired) electrons. The van der Waals surface area contributed by atoms with Crippen LogP contribution in [0.3, 0.4) is 0 Å². The van der Waals surface area contributed by atoms with Crippen LogP contribution in [0.2, 0.25) is 0 Å². The van der Waals surface area contributed by atoms with E-state index in [2.05, 4.69) is 11.4 Å². The van der Waals surface area contributed by atoms with E-state index in [0.29, 0.717) is 0 Å². The molecule has 0 heterocycles. The van der Waals surface area contributed by atoms with Crippen molar-refractivity contribution < 1.29 is 14.2 Å². The second kappa shape index (κ2) is 6.99. The van der Waals surface area contributed by atoms with Gasteiger partial charge in [-0.15, -0.1) is 0 Å². The van der Waals surface area contributed by atoms with Crippen LogP contribution in [-0.2, 0) is 6.54 Å². The minimum Gasteiger partial charge on any atom is -0.497 e. The smallest absolute Gasteiger partial charge is 0.126 e. The summed E-state index contributed by atoms with van der Waals surface area (Å²) in [5, 5.41) is 3.15. The third-order valence-electron chi connectivity index (χ3n) is 3.37. The van der Waals surface area contributed by atoms with E-state index in [9.17, 15) is 0 Å². The molecule has 0 aliphatic rings. The summed E-state index contributed by atoms with van der Waals surface area (Å²) in [6.45, 7) is 0.739. The SMILES string of the molecule is CNCc1cc(-c2cc(OC)ccc2OC)ccc1OC. The number of nitrogens with one attached hydrogen (secondary N) is 1. The highest BCUT2D eigenvalue weighted by molar-refractivity contribution is 5.73. The third kappa shape index (κ3) is 3.28. The van der Waals surface area contributed by atoms with Crippen molar-refractivity contribution in [3.8, 4) is 28.4 Å². The van der Waals surface area contributed by atoms with Crippen LogP contribution in [-0.4, -0.2) is 28.4 Å². The zero-order chi connectivity index (χ0) is 15.2. The lowest BCUT2D eigenvalue weighted by molar-refractivity contribution is 0.404. The second-order valence-corrected chi connectivity index (χ2v) is 4.62. The summed E-state index contributed by atoms with van der Waals surface area (Å²) < 4.78 is 16.2. The summed E-state index contributed by atoms with van der Waals surface area (Å²) in [4.78, 5) is 0. The van der Waals surface area contributed by atoms with Crippen LogP contribution in [0.4, 0.5) is 0 Å². The van der Waals surface area contributed by atoms with Crippen LogP contribution in [0.5, 0.6) is 17.2 Å². The predicted molar refractivity (Wildman–Crippen MR) is 84.3 cm³/mol. The Morgan fingerprint density at radius 1 is 0.857 bits per heavy atom. The molecule has 0 spiro atoms. The molecule has 0 unspecified atom stereocenters. The fraction of sp³-hybridized carbons (Fsp3) is 0.294. The molecule has 0 aliphatic heterocycles. The lowest BCUT2D eigenvalue weighted by atomic mass is 10.0. The van der Waals surface area contributed by atoms with Gasteiger partial charge in [0, 0.05) is 17.7 Å². The Hall–Kier alpha value is -2.20. The molecule has 21 heavy (non-hydrogen) atoms. The number of methoxy groups -OCH3 is 3. The molecule has 0 aromatic heterocycles. The van der Waals surface area contributed by atoms with Gasteiger partial charge in [-0.05, 0) is 42.9 Å². The van der Waals surface area contributed by atoms with E-state index in [1.807, 2.05) is 37.4 Å². The molecule has 0 amide bonds. The first-order chi connectivity index (χ1) is 10.2. The van der Waals surface area contributed by atoms with Crippen LogP contribution in [0.25, 0.3) is 11.1 Å². The Labute approximate surface area is 125 Å². The molecule has 0 bridgehead atoms. The highest BCUT2D eigenvalue weighted by Gasteiger charge is 2.10. The molecule has 4 nitrogen and oxygen atoms in total. The van der Waals surface area contributed by atoms with Crippen molar-refractivity contribution in [2.75, 3.05) is 28.4 Å². The van der Waals surface area contributed by atoms with E-state index in [1.54, 1.807) is 21.3 Å². The maximum absolute atomic E-state index is 5.45. The highest BCUT2D eigenvalue weighted by Crippen LogP contribution is 2.35. The van der Waals surface area contributed by atoms with Gasteiger partial charge in [-0.25, -0.2) is 0 Å². The van der Waals surface area contributed by atoms with Gasteiger partial charge in [0.05, 0.1) is 21.3 Å². The molecule has 112 valence electrons. The largest absolute Gasteiger partial charge is 0.497 e. The van der Waals surface area contributed by atoms with E-state index in [1.165, 1.54) is 0 Å². The Bertz CT molecular complexity index is 611. The lowest BCUT2D eigenvalue weighted by Gasteiger charge is -2.14. The van der Waals surface area contributed by atoms with E-state index >= 15 is 0 Å². The van der Waals surface area contributed by atoms with Gasteiger partial charge in [0.15, 0.2) is 0 Å². The zero-order valence-corrected chi connectivity index (χ0v) is 12.9. The van der Waals surface area contributed by atoms with Gasteiger partial charge in [-0.1, -0.05) is 6.07 Å². The van der Waals surface area contributed by atoms with Gasteiger partial charge in [-0.3, -0.25) is 0 Å². The predicted octanol–water partition coefficient (Wildman–Crippen LogP) is 3.10. The van der Waals surface area contributed by atoms with Crippen molar-refractivity contribution in [3.05, 3.63) is 42.0 Å². The average molecular weight is 287 g/mol. The van der Waals surface area contributed by atoms with Crippen molar-refractivity contribution in [3.63, 3.8) is 0 Å². The number of hydrogen-bond acceptors (Lipinski definition) is 4. The van der Waals surface area contributed by atoms with Crippen LogP contribution < -0.4 is 19.5 Å². The van der Waals surface area contributed by atoms with Crippen molar-refractivity contribution in [1.82, 2.24) is 5.32 Å². The Balaban J connectivity index is 2.52. The molecule has 0 saturated heterocycles. The maximum Gasteiger partial charge on any atom is 0.126 e. The first-order valence-corrected chi connectivity index (χ1v) is 6.77. The first kappa shape index (κ1) is 15.2. The third-order valence-corrected chi connectivity index (χ3v) is 3.37. The van der Waals surface area contributed by atoms with Gasteiger partial charge >= 0.3 is 0 Å². The normalized spacial score (nSPS) is 10.3. The molecule has 0 saturated carbocycles. The van der Waals surface area contributed by atoms with Crippen LogP contribution in [0, 0.1) is 0 Å². The van der Waals surface area contributed by atoms with Gasteiger partial charge in [0.25, 0.3) is 0 Å². The number of hydrogen-bond donors (Lipinski definition) is 1. The van der Waals surface area contributed by atoms with Crippen molar-refractivity contribution >= 4 is 0 Å². The molecular formula is C17H21NO3. The van der Waals surface area contributed by atoms with Crippen molar-refractivity contribution in [1.29, 1.82) is 0 Å². The molecular weight excluding hydrogens is 266 g/mol. The summed E-state index contributed by atoms with van der Waals surface area (Å²) in [6, 6.07) is 11.9.